The van der Waals surface area contributed by atoms with Gasteiger partial charge in [-0.3, -0.25) is 0 Å². The summed E-state index contributed by atoms with van der Waals surface area (Å²) in [5.41, 5.74) is 3.44. The van der Waals surface area contributed by atoms with Crippen molar-refractivity contribution < 1.29 is 0 Å². The van der Waals surface area contributed by atoms with E-state index in [2.05, 4.69) is 53.3 Å². The van der Waals surface area contributed by atoms with Crippen molar-refractivity contribution in [1.82, 2.24) is 9.97 Å². The highest BCUT2D eigenvalue weighted by atomic mass is 15.3. The number of benzene rings is 1. The van der Waals surface area contributed by atoms with E-state index in [1.807, 2.05) is 13.0 Å². The molecule has 3 rings (SSSR count). The Bertz CT molecular complexity index is 660. The second-order valence-electron chi connectivity index (χ2n) is 6.61. The molecule has 0 unspecified atom stereocenters. The second-order valence-corrected chi connectivity index (χ2v) is 6.61. The largest absolute Gasteiger partial charge is 0.341 e. The van der Waals surface area contributed by atoms with Crippen molar-refractivity contribution >= 4 is 17.5 Å². The fraction of sp³-hybridized carbons (Fsp3) is 0.474. The summed E-state index contributed by atoms with van der Waals surface area (Å²) in [7, 11) is 0. The molecule has 1 fully saturated rings. The van der Waals surface area contributed by atoms with Crippen LogP contribution in [0.25, 0.3) is 0 Å². The molecule has 0 amide bonds. The minimum Gasteiger partial charge on any atom is -0.341 e. The van der Waals surface area contributed by atoms with Gasteiger partial charge < -0.3 is 10.2 Å². The molecule has 1 aliphatic rings. The minimum absolute atomic E-state index is 0.475. The Kier molecular flexibility index (Phi) is 4.79. The van der Waals surface area contributed by atoms with Gasteiger partial charge in [0.25, 0.3) is 0 Å². The highest BCUT2D eigenvalue weighted by Gasteiger charge is 2.15. The molecule has 4 heteroatoms. The fourth-order valence-corrected chi connectivity index (χ4v) is 3.10. The fourth-order valence-electron chi connectivity index (χ4n) is 3.10. The van der Waals surface area contributed by atoms with E-state index >= 15 is 0 Å². The molecule has 0 bridgehead atoms. The summed E-state index contributed by atoms with van der Waals surface area (Å²) in [5, 5.41) is 3.50. The molecule has 0 aliphatic carbocycles. The smallest absolute Gasteiger partial charge is 0.227 e. The van der Waals surface area contributed by atoms with Crippen molar-refractivity contribution in [1.29, 1.82) is 0 Å². The highest BCUT2D eigenvalue weighted by molar-refractivity contribution is 5.62. The first-order valence-corrected chi connectivity index (χ1v) is 8.60. The van der Waals surface area contributed by atoms with Gasteiger partial charge in [0.05, 0.1) is 0 Å². The van der Waals surface area contributed by atoms with Crippen LogP contribution < -0.4 is 10.2 Å². The van der Waals surface area contributed by atoms with Crippen LogP contribution in [0.2, 0.25) is 0 Å². The molecule has 1 N–H and O–H groups in total. The second kappa shape index (κ2) is 6.99. The number of hydrogen-bond acceptors (Lipinski definition) is 4. The Hall–Kier alpha value is -2.10. The topological polar surface area (TPSA) is 41.1 Å². The summed E-state index contributed by atoms with van der Waals surface area (Å²) in [5.74, 6) is 2.21. The quantitative estimate of drug-likeness (QED) is 0.893. The lowest BCUT2D eigenvalue weighted by molar-refractivity contribution is 0.568. The third-order valence-electron chi connectivity index (χ3n) is 4.33. The predicted molar refractivity (Wildman–Crippen MR) is 96.6 cm³/mol. The van der Waals surface area contributed by atoms with Crippen LogP contribution in [-0.2, 0) is 0 Å². The first kappa shape index (κ1) is 15.8. The SMILES string of the molecule is Cc1cc(Nc2ccccc2C(C)C)nc(N2CCCCC2)n1. The van der Waals surface area contributed by atoms with Crippen LogP contribution >= 0.6 is 0 Å². The van der Waals surface area contributed by atoms with Gasteiger partial charge in [0.2, 0.25) is 5.95 Å². The van der Waals surface area contributed by atoms with E-state index in [1.165, 1.54) is 24.8 Å². The summed E-state index contributed by atoms with van der Waals surface area (Å²) in [6, 6.07) is 10.5. The molecule has 1 aromatic carbocycles. The van der Waals surface area contributed by atoms with Crippen molar-refractivity contribution in [2.75, 3.05) is 23.3 Å². The van der Waals surface area contributed by atoms with Gasteiger partial charge in [0, 0.05) is 30.5 Å². The van der Waals surface area contributed by atoms with Crippen molar-refractivity contribution in [2.45, 2.75) is 46.0 Å². The normalized spacial score (nSPS) is 15.0. The number of anilines is 3. The maximum absolute atomic E-state index is 4.76. The lowest BCUT2D eigenvalue weighted by atomic mass is 10.0. The average Bonchev–Trinajstić information content (AvgIpc) is 2.55. The summed E-state index contributed by atoms with van der Waals surface area (Å²) >= 11 is 0. The molecule has 1 saturated heterocycles. The first-order chi connectivity index (χ1) is 11.1. The zero-order valence-corrected chi connectivity index (χ0v) is 14.3. The van der Waals surface area contributed by atoms with Gasteiger partial charge in [-0.1, -0.05) is 32.0 Å². The number of rotatable bonds is 4. The van der Waals surface area contributed by atoms with Gasteiger partial charge in [-0.25, -0.2) is 4.98 Å². The third-order valence-corrected chi connectivity index (χ3v) is 4.33. The molecule has 23 heavy (non-hydrogen) atoms. The van der Waals surface area contributed by atoms with Gasteiger partial charge in [0.1, 0.15) is 5.82 Å². The van der Waals surface area contributed by atoms with Crippen LogP contribution in [0.5, 0.6) is 0 Å². The van der Waals surface area contributed by atoms with E-state index in [0.717, 1.165) is 36.2 Å². The Morgan fingerprint density at radius 2 is 1.78 bits per heavy atom. The third kappa shape index (κ3) is 3.81. The number of aromatic nitrogens is 2. The molecule has 1 aliphatic heterocycles. The highest BCUT2D eigenvalue weighted by Crippen LogP contribution is 2.27. The van der Waals surface area contributed by atoms with Crippen molar-refractivity contribution in [3.63, 3.8) is 0 Å². The molecule has 0 atom stereocenters. The van der Waals surface area contributed by atoms with E-state index in [-0.39, 0.29) is 0 Å². The molecular weight excluding hydrogens is 284 g/mol. The maximum Gasteiger partial charge on any atom is 0.227 e. The van der Waals surface area contributed by atoms with Crippen molar-refractivity contribution in [2.24, 2.45) is 0 Å². The molecule has 1 aromatic heterocycles. The maximum atomic E-state index is 4.76. The van der Waals surface area contributed by atoms with Gasteiger partial charge in [-0.15, -0.1) is 0 Å². The Labute approximate surface area is 139 Å². The van der Waals surface area contributed by atoms with E-state index in [0.29, 0.717) is 5.92 Å². The lowest BCUT2D eigenvalue weighted by Crippen LogP contribution is -2.31. The molecule has 2 heterocycles. The average molecular weight is 310 g/mol. The molecular formula is C19H26N4. The van der Waals surface area contributed by atoms with Crippen LogP contribution in [-0.4, -0.2) is 23.1 Å². The number of nitrogens with one attached hydrogen (secondary N) is 1. The van der Waals surface area contributed by atoms with Crippen LogP contribution in [0.3, 0.4) is 0 Å². The van der Waals surface area contributed by atoms with Crippen LogP contribution in [0.1, 0.15) is 50.3 Å². The van der Waals surface area contributed by atoms with Gasteiger partial charge in [0.15, 0.2) is 0 Å². The van der Waals surface area contributed by atoms with Crippen molar-refractivity contribution in [3.8, 4) is 0 Å². The standard InChI is InChI=1S/C19H26N4/c1-14(2)16-9-5-6-10-17(16)21-18-13-15(3)20-19(22-18)23-11-7-4-8-12-23/h5-6,9-10,13-14H,4,7-8,11-12H2,1-3H3,(H,20,21,22). The van der Waals surface area contributed by atoms with E-state index in [1.54, 1.807) is 0 Å². The first-order valence-electron chi connectivity index (χ1n) is 8.60. The predicted octanol–water partition coefficient (Wildman–Crippen LogP) is 4.64. The number of aryl methyl sites for hydroxylation is 1. The van der Waals surface area contributed by atoms with Gasteiger partial charge in [-0.2, -0.15) is 4.98 Å². The molecule has 0 saturated carbocycles. The summed E-state index contributed by atoms with van der Waals surface area (Å²) in [4.78, 5) is 11.7. The molecule has 0 radical (unpaired) electrons. The Balaban J connectivity index is 1.87. The van der Waals surface area contributed by atoms with Gasteiger partial charge in [-0.05, 0) is 43.7 Å². The molecule has 4 nitrogen and oxygen atoms in total. The van der Waals surface area contributed by atoms with E-state index in [9.17, 15) is 0 Å². The van der Waals surface area contributed by atoms with Gasteiger partial charge >= 0.3 is 0 Å². The summed E-state index contributed by atoms with van der Waals surface area (Å²) < 4.78 is 0. The Morgan fingerprint density at radius 3 is 2.52 bits per heavy atom. The number of piperidine rings is 1. The molecule has 122 valence electrons. The number of hydrogen-bond donors (Lipinski definition) is 1. The minimum atomic E-state index is 0.475. The zero-order chi connectivity index (χ0) is 16.2. The van der Waals surface area contributed by atoms with Crippen LogP contribution in [0, 0.1) is 6.92 Å². The van der Waals surface area contributed by atoms with E-state index in [4.69, 9.17) is 4.98 Å². The van der Waals surface area contributed by atoms with Crippen LogP contribution in [0.4, 0.5) is 17.5 Å². The van der Waals surface area contributed by atoms with Crippen molar-refractivity contribution in [3.05, 3.63) is 41.6 Å². The number of para-hydroxylation sites is 1. The summed E-state index contributed by atoms with van der Waals surface area (Å²) in [6.45, 7) is 8.58. The monoisotopic (exact) mass is 310 g/mol. The lowest BCUT2D eigenvalue weighted by Gasteiger charge is -2.27. The summed E-state index contributed by atoms with van der Waals surface area (Å²) in [6.07, 6.45) is 3.78. The van der Waals surface area contributed by atoms with E-state index < -0.39 is 0 Å². The van der Waals surface area contributed by atoms with Crippen LogP contribution in [0.15, 0.2) is 30.3 Å². The zero-order valence-electron chi connectivity index (χ0n) is 14.3. The molecule has 2 aromatic rings. The Morgan fingerprint density at radius 1 is 1.04 bits per heavy atom. The number of nitrogens with zero attached hydrogens (tertiary/aromatic N) is 3. The molecule has 0 spiro atoms.